The van der Waals surface area contributed by atoms with Gasteiger partial charge in [-0.15, -0.1) is 10.2 Å². The normalized spacial score (nSPS) is 10.3. The first-order valence-corrected chi connectivity index (χ1v) is 9.59. The number of Topliss-reactive ketones (excluding diaryl/α,β-unsaturated/α-hetero) is 1. The quantitative estimate of drug-likeness (QED) is 0.469. The molecule has 2 aromatic carbocycles. The van der Waals surface area contributed by atoms with Gasteiger partial charge in [-0.05, 0) is 36.4 Å². The third-order valence-electron chi connectivity index (χ3n) is 3.29. The number of carbonyl (C=O) groups excluding carboxylic acids is 2. The van der Waals surface area contributed by atoms with Crippen LogP contribution in [0.15, 0.2) is 58.9 Å². The maximum atomic E-state index is 12.3. The van der Waals surface area contributed by atoms with Crippen molar-refractivity contribution in [2.24, 2.45) is 0 Å². The van der Waals surface area contributed by atoms with Crippen LogP contribution in [-0.2, 0) is 4.79 Å². The molecule has 0 bridgehead atoms. The van der Waals surface area contributed by atoms with Gasteiger partial charge in [-0.3, -0.25) is 9.59 Å². The average Bonchev–Trinajstić information content (AvgIpc) is 3.08. The molecule has 8 heteroatoms. The fourth-order valence-corrected chi connectivity index (χ4v) is 3.78. The molecule has 0 spiro atoms. The van der Waals surface area contributed by atoms with Crippen molar-refractivity contribution in [3.05, 3.63) is 60.2 Å². The second-order valence-corrected chi connectivity index (χ2v) is 7.53. The molecule has 1 aromatic heterocycles. The number of amides is 1. The molecule has 6 nitrogen and oxygen atoms in total. The number of anilines is 3. The van der Waals surface area contributed by atoms with Gasteiger partial charge in [0.05, 0.1) is 5.75 Å². The van der Waals surface area contributed by atoms with Crippen LogP contribution in [0.25, 0.3) is 0 Å². The lowest BCUT2D eigenvalue weighted by atomic mass is 10.1. The van der Waals surface area contributed by atoms with Crippen LogP contribution in [0.4, 0.5) is 16.5 Å². The molecule has 0 aliphatic heterocycles. The number of para-hydroxylation sites is 1. The minimum atomic E-state index is -0.143. The van der Waals surface area contributed by atoms with Crippen LogP contribution < -0.4 is 10.6 Å². The predicted octanol–water partition coefficient (Wildman–Crippen LogP) is 4.22. The van der Waals surface area contributed by atoms with Gasteiger partial charge in [-0.2, -0.15) is 0 Å². The highest BCUT2D eigenvalue weighted by molar-refractivity contribution is 8.01. The molecule has 0 atom stereocenters. The van der Waals surface area contributed by atoms with Crippen molar-refractivity contribution in [2.75, 3.05) is 16.4 Å². The van der Waals surface area contributed by atoms with E-state index in [0.29, 0.717) is 16.4 Å². The Kier molecular flexibility index (Phi) is 5.98. The largest absolute Gasteiger partial charge is 0.330 e. The standard InChI is InChI=1S/C18H16N4O2S2/c1-12(23)19-15-9-7-13(8-10-15)16(24)11-25-18-22-21-17(26-18)20-14-5-3-2-4-6-14/h2-10H,11H2,1H3,(H,19,23)(H,20,21). The molecule has 26 heavy (non-hydrogen) atoms. The summed E-state index contributed by atoms with van der Waals surface area (Å²) in [6.45, 7) is 1.44. The highest BCUT2D eigenvalue weighted by atomic mass is 32.2. The monoisotopic (exact) mass is 384 g/mol. The van der Waals surface area contributed by atoms with Gasteiger partial charge in [0.15, 0.2) is 10.1 Å². The zero-order valence-electron chi connectivity index (χ0n) is 13.9. The fraction of sp³-hybridized carbons (Fsp3) is 0.111. The summed E-state index contributed by atoms with van der Waals surface area (Å²) in [5.74, 6) is 0.132. The predicted molar refractivity (Wildman–Crippen MR) is 105 cm³/mol. The lowest BCUT2D eigenvalue weighted by molar-refractivity contribution is -0.114. The van der Waals surface area contributed by atoms with Crippen molar-refractivity contribution in [3.8, 4) is 0 Å². The molecule has 2 N–H and O–H groups in total. The van der Waals surface area contributed by atoms with Gasteiger partial charge in [0.25, 0.3) is 0 Å². The summed E-state index contributed by atoms with van der Waals surface area (Å²) in [7, 11) is 0. The van der Waals surface area contributed by atoms with Crippen molar-refractivity contribution < 1.29 is 9.59 Å². The zero-order chi connectivity index (χ0) is 18.4. The van der Waals surface area contributed by atoms with Crippen molar-refractivity contribution in [1.82, 2.24) is 10.2 Å². The number of aromatic nitrogens is 2. The van der Waals surface area contributed by atoms with Crippen LogP contribution in [0.2, 0.25) is 0 Å². The molecule has 0 fully saturated rings. The van der Waals surface area contributed by atoms with Crippen molar-refractivity contribution in [1.29, 1.82) is 0 Å². The Morgan fingerprint density at radius 2 is 1.73 bits per heavy atom. The molecule has 0 saturated heterocycles. The number of hydrogen-bond acceptors (Lipinski definition) is 7. The Morgan fingerprint density at radius 1 is 1.00 bits per heavy atom. The molecule has 0 saturated carbocycles. The van der Waals surface area contributed by atoms with E-state index in [1.807, 2.05) is 30.3 Å². The van der Waals surface area contributed by atoms with E-state index in [1.165, 1.54) is 30.0 Å². The lowest BCUT2D eigenvalue weighted by Gasteiger charge is -2.03. The minimum Gasteiger partial charge on any atom is -0.330 e. The van der Waals surface area contributed by atoms with Gasteiger partial charge in [0, 0.05) is 23.9 Å². The van der Waals surface area contributed by atoms with Gasteiger partial charge >= 0.3 is 0 Å². The second kappa shape index (κ2) is 8.59. The summed E-state index contributed by atoms with van der Waals surface area (Å²) in [6.07, 6.45) is 0. The molecule has 0 aliphatic carbocycles. The van der Waals surface area contributed by atoms with Crippen molar-refractivity contribution in [2.45, 2.75) is 11.3 Å². The van der Waals surface area contributed by atoms with Gasteiger partial charge in [-0.25, -0.2) is 0 Å². The molecule has 3 aromatic rings. The molecule has 3 rings (SSSR count). The van der Waals surface area contributed by atoms with E-state index in [2.05, 4.69) is 20.8 Å². The number of rotatable bonds is 7. The maximum Gasteiger partial charge on any atom is 0.221 e. The summed E-state index contributed by atoms with van der Waals surface area (Å²) in [6, 6.07) is 16.6. The summed E-state index contributed by atoms with van der Waals surface area (Å²) in [5, 5.41) is 14.7. The van der Waals surface area contributed by atoms with Gasteiger partial charge in [0.2, 0.25) is 11.0 Å². The maximum absolute atomic E-state index is 12.3. The first kappa shape index (κ1) is 18.1. The van der Waals surface area contributed by atoms with Gasteiger partial charge < -0.3 is 10.6 Å². The molecule has 0 unspecified atom stereocenters. The Morgan fingerprint density at radius 3 is 2.42 bits per heavy atom. The molecule has 0 radical (unpaired) electrons. The van der Waals surface area contributed by atoms with E-state index >= 15 is 0 Å². The summed E-state index contributed by atoms with van der Waals surface area (Å²) in [5.41, 5.74) is 2.21. The molecule has 1 amide bonds. The number of hydrogen-bond donors (Lipinski definition) is 2. The number of nitrogens with zero attached hydrogens (tertiary/aromatic N) is 2. The lowest BCUT2D eigenvalue weighted by Crippen LogP contribution is -2.06. The molecule has 1 heterocycles. The number of benzene rings is 2. The molecule has 132 valence electrons. The van der Waals surface area contributed by atoms with Crippen LogP contribution >= 0.6 is 23.1 Å². The number of nitrogens with one attached hydrogen (secondary N) is 2. The van der Waals surface area contributed by atoms with Crippen LogP contribution in [0.5, 0.6) is 0 Å². The highest BCUT2D eigenvalue weighted by Crippen LogP contribution is 2.28. The van der Waals surface area contributed by atoms with Crippen LogP contribution in [0.1, 0.15) is 17.3 Å². The van der Waals surface area contributed by atoms with E-state index in [-0.39, 0.29) is 17.4 Å². The first-order chi connectivity index (χ1) is 12.6. The van der Waals surface area contributed by atoms with Gasteiger partial charge in [0.1, 0.15) is 0 Å². The van der Waals surface area contributed by atoms with Crippen molar-refractivity contribution in [3.63, 3.8) is 0 Å². The Hall–Kier alpha value is -2.71. The van der Waals surface area contributed by atoms with Gasteiger partial charge in [-0.1, -0.05) is 41.3 Å². The highest BCUT2D eigenvalue weighted by Gasteiger charge is 2.10. The zero-order valence-corrected chi connectivity index (χ0v) is 15.6. The summed E-state index contributed by atoms with van der Waals surface area (Å²) >= 11 is 2.76. The van der Waals surface area contributed by atoms with Crippen LogP contribution in [-0.4, -0.2) is 27.6 Å². The van der Waals surface area contributed by atoms with E-state index in [0.717, 1.165) is 10.0 Å². The Labute approximate surface area is 159 Å². The van der Waals surface area contributed by atoms with E-state index < -0.39 is 0 Å². The summed E-state index contributed by atoms with van der Waals surface area (Å²) in [4.78, 5) is 23.3. The van der Waals surface area contributed by atoms with Crippen molar-refractivity contribution >= 4 is 51.3 Å². The summed E-state index contributed by atoms with van der Waals surface area (Å²) < 4.78 is 0.728. The molecular weight excluding hydrogens is 368 g/mol. The van der Waals surface area contributed by atoms with E-state index in [9.17, 15) is 9.59 Å². The number of thioether (sulfide) groups is 1. The number of carbonyl (C=O) groups is 2. The van der Waals surface area contributed by atoms with E-state index in [4.69, 9.17) is 0 Å². The number of ketones is 1. The molecule has 0 aliphatic rings. The Bertz CT molecular complexity index is 895. The smallest absolute Gasteiger partial charge is 0.221 e. The van der Waals surface area contributed by atoms with E-state index in [1.54, 1.807) is 24.3 Å². The third kappa shape index (κ3) is 5.14. The fourth-order valence-electron chi connectivity index (χ4n) is 2.12. The second-order valence-electron chi connectivity index (χ2n) is 5.33. The first-order valence-electron chi connectivity index (χ1n) is 7.79. The van der Waals surface area contributed by atoms with Crippen LogP contribution in [0.3, 0.4) is 0 Å². The van der Waals surface area contributed by atoms with Crippen LogP contribution in [0, 0.1) is 0 Å². The Balaban J connectivity index is 1.54. The topological polar surface area (TPSA) is 84.0 Å². The SMILES string of the molecule is CC(=O)Nc1ccc(C(=O)CSc2nnc(Nc3ccccc3)s2)cc1. The average molecular weight is 384 g/mol. The minimum absolute atomic E-state index is 0.00264. The molecular formula is C18H16N4O2S2. The third-order valence-corrected chi connectivity index (χ3v) is 5.26.